The van der Waals surface area contributed by atoms with E-state index in [1.165, 1.54) is 11.3 Å². The number of anilines is 1. The van der Waals surface area contributed by atoms with E-state index in [0.717, 1.165) is 16.7 Å². The molecule has 3 rings (SSSR count). The predicted octanol–water partition coefficient (Wildman–Crippen LogP) is 3.55. The molecule has 0 saturated carbocycles. The summed E-state index contributed by atoms with van der Waals surface area (Å²) in [5.41, 5.74) is 1.50. The molecule has 0 atom stereocenters. The molecule has 1 N–H and O–H groups in total. The van der Waals surface area contributed by atoms with Crippen molar-refractivity contribution in [3.8, 4) is 5.75 Å². The third-order valence-corrected chi connectivity index (χ3v) is 4.58. The first-order chi connectivity index (χ1) is 8.77. The summed E-state index contributed by atoms with van der Waals surface area (Å²) < 4.78 is 6.45. The van der Waals surface area contributed by atoms with Crippen LogP contribution < -0.4 is 10.1 Å². The first-order valence-corrected chi connectivity index (χ1v) is 7.22. The Morgan fingerprint density at radius 1 is 1.39 bits per heavy atom. The van der Waals surface area contributed by atoms with Gasteiger partial charge in [0.25, 0.3) is 0 Å². The summed E-state index contributed by atoms with van der Waals surface area (Å²) >= 11 is 4.82. The molecule has 92 valence electrons. The van der Waals surface area contributed by atoms with Crippen LogP contribution in [-0.4, -0.2) is 18.9 Å². The number of rotatable bonds is 2. The predicted molar refractivity (Wildman–Crippen MR) is 75.9 cm³/mol. The molecule has 0 radical (unpaired) electrons. The number of para-hydroxylation sites is 1. The molecular formula is C13H10BrNO2S. The van der Waals surface area contributed by atoms with Crippen molar-refractivity contribution in [1.29, 1.82) is 0 Å². The molecule has 1 aliphatic heterocycles. The molecule has 1 aliphatic rings. The monoisotopic (exact) mass is 323 g/mol. The van der Waals surface area contributed by atoms with Crippen LogP contribution in [0.15, 0.2) is 34.1 Å². The fourth-order valence-corrected chi connectivity index (χ4v) is 3.43. The summed E-state index contributed by atoms with van der Waals surface area (Å²) in [7, 11) is 0. The Morgan fingerprint density at radius 3 is 3.06 bits per heavy atom. The van der Waals surface area contributed by atoms with E-state index in [1.54, 1.807) is 6.07 Å². The number of hydrogen-bond donors (Lipinski definition) is 1. The summed E-state index contributed by atoms with van der Waals surface area (Å²) in [5, 5.41) is 5.13. The van der Waals surface area contributed by atoms with Gasteiger partial charge in [0.15, 0.2) is 5.75 Å². The normalized spacial score (nSPS) is 13.4. The van der Waals surface area contributed by atoms with E-state index in [4.69, 9.17) is 4.74 Å². The van der Waals surface area contributed by atoms with Crippen LogP contribution in [0, 0.1) is 0 Å². The number of halogens is 1. The molecule has 5 heteroatoms. The van der Waals surface area contributed by atoms with Crippen molar-refractivity contribution in [2.45, 2.75) is 0 Å². The van der Waals surface area contributed by atoms with Crippen LogP contribution in [0.1, 0.15) is 15.2 Å². The number of benzene rings is 1. The second-order valence-corrected chi connectivity index (χ2v) is 5.65. The van der Waals surface area contributed by atoms with Gasteiger partial charge in [-0.05, 0) is 39.5 Å². The minimum atomic E-state index is -0.00238. The Morgan fingerprint density at radius 2 is 2.28 bits per heavy atom. The van der Waals surface area contributed by atoms with Gasteiger partial charge in [-0.15, -0.1) is 11.3 Å². The molecule has 0 unspecified atom stereocenters. The van der Waals surface area contributed by atoms with Crippen molar-refractivity contribution >= 4 is 38.7 Å². The standard InChI is InChI=1S/C13H10BrNO2S/c14-9-4-7-18-13(9)11(16)8-2-1-3-10-12(8)17-6-5-15-10/h1-4,7,15H,5-6H2. The molecule has 0 bridgehead atoms. The molecular weight excluding hydrogens is 314 g/mol. The van der Waals surface area contributed by atoms with Gasteiger partial charge < -0.3 is 10.1 Å². The van der Waals surface area contributed by atoms with Crippen LogP contribution >= 0.6 is 27.3 Å². The average molecular weight is 324 g/mol. The molecule has 1 aromatic heterocycles. The van der Waals surface area contributed by atoms with Crippen molar-refractivity contribution in [3.05, 3.63) is 44.6 Å². The molecule has 3 nitrogen and oxygen atoms in total. The average Bonchev–Trinajstić information content (AvgIpc) is 2.83. The Hall–Kier alpha value is -1.33. The third-order valence-electron chi connectivity index (χ3n) is 2.75. The van der Waals surface area contributed by atoms with Gasteiger partial charge in [-0.3, -0.25) is 4.79 Å². The number of carbonyl (C=O) groups excluding carboxylic acids is 1. The zero-order chi connectivity index (χ0) is 12.5. The number of nitrogens with one attached hydrogen (secondary N) is 1. The lowest BCUT2D eigenvalue weighted by Crippen LogP contribution is -2.20. The third kappa shape index (κ3) is 1.93. The quantitative estimate of drug-likeness (QED) is 0.859. The minimum Gasteiger partial charge on any atom is -0.489 e. The van der Waals surface area contributed by atoms with E-state index in [2.05, 4.69) is 21.2 Å². The molecule has 2 heterocycles. The second kappa shape index (κ2) is 4.74. The Balaban J connectivity index is 2.07. The van der Waals surface area contributed by atoms with Crippen molar-refractivity contribution < 1.29 is 9.53 Å². The maximum atomic E-state index is 12.5. The highest BCUT2D eigenvalue weighted by Crippen LogP contribution is 2.35. The number of carbonyl (C=O) groups is 1. The Labute approximate surface area is 117 Å². The topological polar surface area (TPSA) is 38.3 Å². The minimum absolute atomic E-state index is 0.00238. The van der Waals surface area contributed by atoms with Gasteiger partial charge in [0.1, 0.15) is 6.61 Å². The Bertz CT molecular complexity index is 609. The van der Waals surface area contributed by atoms with E-state index in [-0.39, 0.29) is 5.78 Å². The second-order valence-electron chi connectivity index (χ2n) is 3.88. The summed E-state index contributed by atoms with van der Waals surface area (Å²) in [6.45, 7) is 1.36. The van der Waals surface area contributed by atoms with E-state index < -0.39 is 0 Å². The molecule has 0 amide bonds. The number of ether oxygens (including phenoxy) is 1. The number of fused-ring (bicyclic) bond motifs is 1. The lowest BCUT2D eigenvalue weighted by molar-refractivity contribution is 0.103. The summed E-state index contributed by atoms with van der Waals surface area (Å²) in [6, 6.07) is 7.48. The van der Waals surface area contributed by atoms with Gasteiger partial charge in [0.2, 0.25) is 5.78 Å². The fraction of sp³-hybridized carbons (Fsp3) is 0.154. The molecule has 0 fully saturated rings. The van der Waals surface area contributed by atoms with Gasteiger partial charge >= 0.3 is 0 Å². The highest BCUT2D eigenvalue weighted by molar-refractivity contribution is 9.10. The van der Waals surface area contributed by atoms with Crippen molar-refractivity contribution in [1.82, 2.24) is 0 Å². The van der Waals surface area contributed by atoms with Crippen molar-refractivity contribution in [3.63, 3.8) is 0 Å². The fourth-order valence-electron chi connectivity index (χ4n) is 1.93. The van der Waals surface area contributed by atoms with Gasteiger partial charge in [0.05, 0.1) is 16.1 Å². The smallest absolute Gasteiger partial charge is 0.207 e. The van der Waals surface area contributed by atoms with E-state index >= 15 is 0 Å². The first kappa shape index (κ1) is 11.7. The van der Waals surface area contributed by atoms with Gasteiger partial charge in [0, 0.05) is 11.0 Å². The van der Waals surface area contributed by atoms with Crippen molar-refractivity contribution in [2.75, 3.05) is 18.5 Å². The Kier molecular flexibility index (Phi) is 3.09. The highest BCUT2D eigenvalue weighted by atomic mass is 79.9. The number of ketones is 1. The maximum absolute atomic E-state index is 12.5. The van der Waals surface area contributed by atoms with Gasteiger partial charge in [-0.2, -0.15) is 0 Å². The molecule has 0 saturated heterocycles. The summed E-state index contributed by atoms with van der Waals surface area (Å²) in [5.74, 6) is 0.659. The van der Waals surface area contributed by atoms with Crippen LogP contribution in [-0.2, 0) is 0 Å². The number of hydrogen-bond acceptors (Lipinski definition) is 4. The van der Waals surface area contributed by atoms with Crippen LogP contribution in [0.3, 0.4) is 0 Å². The zero-order valence-corrected chi connectivity index (χ0v) is 11.8. The zero-order valence-electron chi connectivity index (χ0n) is 9.40. The molecule has 1 aromatic carbocycles. The largest absolute Gasteiger partial charge is 0.489 e. The highest BCUT2D eigenvalue weighted by Gasteiger charge is 2.22. The van der Waals surface area contributed by atoms with Crippen LogP contribution in [0.2, 0.25) is 0 Å². The van der Waals surface area contributed by atoms with E-state index in [9.17, 15) is 4.79 Å². The SMILES string of the molecule is O=C(c1cccc2c1OCCN2)c1sccc1Br. The summed E-state index contributed by atoms with van der Waals surface area (Å²) in [6.07, 6.45) is 0. The van der Waals surface area contributed by atoms with Crippen molar-refractivity contribution in [2.24, 2.45) is 0 Å². The summed E-state index contributed by atoms with van der Waals surface area (Å²) in [4.78, 5) is 13.2. The molecule has 2 aromatic rings. The van der Waals surface area contributed by atoms with E-state index in [0.29, 0.717) is 22.8 Å². The lowest BCUT2D eigenvalue weighted by atomic mass is 10.1. The first-order valence-electron chi connectivity index (χ1n) is 5.55. The maximum Gasteiger partial charge on any atom is 0.207 e. The number of thiophene rings is 1. The van der Waals surface area contributed by atoms with Crippen LogP contribution in [0.25, 0.3) is 0 Å². The van der Waals surface area contributed by atoms with Gasteiger partial charge in [-0.25, -0.2) is 0 Å². The van der Waals surface area contributed by atoms with Crippen LogP contribution in [0.5, 0.6) is 5.75 Å². The molecule has 0 aliphatic carbocycles. The molecule has 18 heavy (non-hydrogen) atoms. The van der Waals surface area contributed by atoms with E-state index in [1.807, 2.05) is 23.6 Å². The van der Waals surface area contributed by atoms with Gasteiger partial charge in [-0.1, -0.05) is 6.07 Å². The lowest BCUT2D eigenvalue weighted by Gasteiger charge is -2.21. The van der Waals surface area contributed by atoms with Crippen LogP contribution in [0.4, 0.5) is 5.69 Å². The molecule has 0 spiro atoms.